The van der Waals surface area contributed by atoms with E-state index in [9.17, 15) is 19.1 Å². The maximum Gasteiger partial charge on any atom is 0.280 e. The Morgan fingerprint density at radius 1 is 1.29 bits per heavy atom. The highest BCUT2D eigenvalue weighted by molar-refractivity contribution is 6.00. The molecule has 1 fully saturated rings. The molecule has 4 aromatic heterocycles. The van der Waals surface area contributed by atoms with Gasteiger partial charge in [0.2, 0.25) is 0 Å². The molecule has 4 aromatic rings. The van der Waals surface area contributed by atoms with Gasteiger partial charge in [0.25, 0.3) is 11.5 Å². The van der Waals surface area contributed by atoms with Crippen LogP contribution >= 0.6 is 0 Å². The molecule has 12 heteroatoms. The third kappa shape index (κ3) is 4.19. The molecule has 0 bridgehead atoms. The van der Waals surface area contributed by atoms with E-state index in [-0.39, 0.29) is 46.5 Å². The first-order valence-corrected chi connectivity index (χ1v) is 11.0. The number of nitrogens with zero attached hydrogens (tertiary/aromatic N) is 5. The minimum atomic E-state index is -0.632. The molecular formula is C23H23FN8O3. The maximum atomic E-state index is 14.2. The molecule has 1 saturated carbocycles. The number of hydrogen-bond donors (Lipinski definition) is 4. The standard InChI is InChI=1S/C23H23FN8O3/c1-25-18-10-17(29-16-5-3-9-31(22(16)35)20-15(24)4-2-8-26-20)30-19-14(11-28-32(18)19)21(34)27-12-23(13-33)6-7-23/h2-5,8-11,25,33H,6-7,12-13H2,1H3,(H,27,34)(H,29,30). The smallest absolute Gasteiger partial charge is 0.280 e. The van der Waals surface area contributed by atoms with Crippen molar-refractivity contribution in [2.75, 3.05) is 30.8 Å². The lowest BCUT2D eigenvalue weighted by Crippen LogP contribution is -2.31. The van der Waals surface area contributed by atoms with E-state index in [1.165, 1.54) is 35.2 Å². The monoisotopic (exact) mass is 478 g/mol. The summed E-state index contributed by atoms with van der Waals surface area (Å²) in [6, 6.07) is 7.42. The topological polar surface area (TPSA) is 138 Å². The zero-order chi connectivity index (χ0) is 24.6. The maximum absolute atomic E-state index is 14.2. The lowest BCUT2D eigenvalue weighted by molar-refractivity contribution is 0.0936. The van der Waals surface area contributed by atoms with E-state index in [1.54, 1.807) is 25.2 Å². The van der Waals surface area contributed by atoms with Gasteiger partial charge in [-0.25, -0.2) is 14.4 Å². The third-order valence-electron chi connectivity index (χ3n) is 6.07. The molecule has 0 radical (unpaired) electrons. The second kappa shape index (κ2) is 8.80. The first-order chi connectivity index (χ1) is 16.9. The third-order valence-corrected chi connectivity index (χ3v) is 6.07. The number of rotatable bonds is 8. The number of anilines is 3. The zero-order valence-corrected chi connectivity index (χ0v) is 18.8. The minimum absolute atomic E-state index is 0.0231. The predicted octanol–water partition coefficient (Wildman–Crippen LogP) is 1.70. The second-order valence-corrected chi connectivity index (χ2v) is 8.44. The van der Waals surface area contributed by atoms with Crippen LogP contribution in [0.3, 0.4) is 0 Å². The molecule has 0 unspecified atom stereocenters. The van der Waals surface area contributed by atoms with E-state index in [2.05, 4.69) is 31.0 Å². The minimum Gasteiger partial charge on any atom is -0.396 e. The molecule has 0 atom stereocenters. The first kappa shape index (κ1) is 22.5. The number of fused-ring (bicyclic) bond motifs is 1. The van der Waals surface area contributed by atoms with E-state index in [4.69, 9.17) is 0 Å². The van der Waals surface area contributed by atoms with Crippen LogP contribution in [-0.2, 0) is 0 Å². The summed E-state index contributed by atoms with van der Waals surface area (Å²) in [5, 5.41) is 22.6. The van der Waals surface area contributed by atoms with Crippen LogP contribution in [0.2, 0.25) is 0 Å². The highest BCUT2D eigenvalue weighted by Gasteiger charge is 2.42. The van der Waals surface area contributed by atoms with E-state index < -0.39 is 11.4 Å². The van der Waals surface area contributed by atoms with Crippen LogP contribution in [0.1, 0.15) is 23.2 Å². The number of aliphatic hydroxyl groups excluding tert-OH is 1. The Kier molecular flexibility index (Phi) is 5.65. The molecule has 0 saturated heterocycles. The Labute approximate surface area is 198 Å². The van der Waals surface area contributed by atoms with Crippen molar-refractivity contribution in [3.63, 3.8) is 0 Å². The van der Waals surface area contributed by atoms with Crippen LogP contribution in [0.5, 0.6) is 0 Å². The largest absolute Gasteiger partial charge is 0.396 e. The van der Waals surface area contributed by atoms with Crippen molar-refractivity contribution in [3.05, 3.63) is 70.7 Å². The molecule has 35 heavy (non-hydrogen) atoms. The number of amides is 1. The molecule has 4 N–H and O–H groups in total. The Morgan fingerprint density at radius 3 is 2.83 bits per heavy atom. The fraction of sp³-hybridized carbons (Fsp3) is 0.261. The number of aliphatic hydroxyl groups is 1. The van der Waals surface area contributed by atoms with Crippen molar-refractivity contribution in [2.24, 2.45) is 5.41 Å². The summed E-state index contributed by atoms with van der Waals surface area (Å²) in [7, 11) is 1.69. The van der Waals surface area contributed by atoms with Crippen LogP contribution in [0.15, 0.2) is 53.7 Å². The zero-order valence-electron chi connectivity index (χ0n) is 18.8. The van der Waals surface area contributed by atoms with Crippen molar-refractivity contribution in [3.8, 4) is 5.82 Å². The lowest BCUT2D eigenvalue weighted by atomic mass is 10.1. The highest BCUT2D eigenvalue weighted by atomic mass is 19.1. The van der Waals surface area contributed by atoms with Gasteiger partial charge < -0.3 is 21.1 Å². The molecule has 0 spiro atoms. The summed E-state index contributed by atoms with van der Waals surface area (Å²) in [5.41, 5.74) is -0.101. The molecule has 1 amide bonds. The number of carbonyl (C=O) groups excluding carboxylic acids is 1. The lowest BCUT2D eigenvalue weighted by Gasteiger charge is -2.13. The van der Waals surface area contributed by atoms with E-state index in [1.807, 2.05) is 0 Å². The van der Waals surface area contributed by atoms with Gasteiger partial charge in [0.15, 0.2) is 17.3 Å². The Hall–Kier alpha value is -4.32. The highest BCUT2D eigenvalue weighted by Crippen LogP contribution is 2.44. The van der Waals surface area contributed by atoms with Crippen LogP contribution in [0.4, 0.5) is 21.7 Å². The normalized spacial score (nSPS) is 14.0. The Balaban J connectivity index is 1.48. The molecule has 0 aromatic carbocycles. The van der Waals surface area contributed by atoms with Gasteiger partial charge in [-0.3, -0.25) is 14.2 Å². The number of aromatic nitrogens is 5. The molecule has 4 heterocycles. The molecule has 0 aliphatic heterocycles. The molecule has 180 valence electrons. The molecule has 5 rings (SSSR count). The van der Waals surface area contributed by atoms with Gasteiger partial charge >= 0.3 is 0 Å². The predicted molar refractivity (Wildman–Crippen MR) is 127 cm³/mol. The van der Waals surface area contributed by atoms with Crippen LogP contribution in [0, 0.1) is 11.2 Å². The number of carbonyl (C=O) groups is 1. The molecule has 1 aliphatic rings. The summed E-state index contributed by atoms with van der Waals surface area (Å²) in [6.07, 6.45) is 5.97. The fourth-order valence-corrected chi connectivity index (χ4v) is 3.74. The fourth-order valence-electron chi connectivity index (χ4n) is 3.74. The van der Waals surface area contributed by atoms with Gasteiger partial charge in [-0.05, 0) is 37.1 Å². The SMILES string of the molecule is CNc1cc(Nc2cccn(-c3ncccc3F)c2=O)nc2c(C(=O)NCC3(CO)CC3)cnn12. The van der Waals surface area contributed by atoms with Crippen molar-refractivity contribution in [1.82, 2.24) is 29.5 Å². The van der Waals surface area contributed by atoms with Gasteiger partial charge in [-0.15, -0.1) is 0 Å². The summed E-state index contributed by atoms with van der Waals surface area (Å²) >= 11 is 0. The first-order valence-electron chi connectivity index (χ1n) is 11.0. The number of pyridine rings is 2. The van der Waals surface area contributed by atoms with Gasteiger partial charge in [-0.2, -0.15) is 9.61 Å². The van der Waals surface area contributed by atoms with Gasteiger partial charge in [-0.1, -0.05) is 0 Å². The van der Waals surface area contributed by atoms with Crippen LogP contribution in [-0.4, -0.2) is 55.4 Å². The summed E-state index contributed by atoms with van der Waals surface area (Å²) < 4.78 is 16.8. The number of hydrogen-bond acceptors (Lipinski definition) is 8. The average molecular weight is 478 g/mol. The Morgan fingerprint density at radius 2 is 2.11 bits per heavy atom. The quantitative estimate of drug-likeness (QED) is 0.300. The molecule has 1 aliphatic carbocycles. The van der Waals surface area contributed by atoms with E-state index in [0.717, 1.165) is 17.4 Å². The summed E-state index contributed by atoms with van der Waals surface area (Å²) in [5.74, 6) is -0.308. The van der Waals surface area contributed by atoms with Crippen LogP contribution < -0.4 is 21.5 Å². The number of nitrogens with one attached hydrogen (secondary N) is 3. The second-order valence-electron chi connectivity index (χ2n) is 8.44. The summed E-state index contributed by atoms with van der Waals surface area (Å²) in [4.78, 5) is 34.3. The van der Waals surface area contributed by atoms with E-state index in [0.29, 0.717) is 12.4 Å². The van der Waals surface area contributed by atoms with Gasteiger partial charge in [0.05, 0.1) is 12.8 Å². The van der Waals surface area contributed by atoms with E-state index >= 15 is 0 Å². The Bertz CT molecular complexity index is 1480. The van der Waals surface area contributed by atoms with Crippen molar-refractivity contribution < 1.29 is 14.3 Å². The average Bonchev–Trinajstić information content (AvgIpc) is 3.53. The molecule has 11 nitrogen and oxygen atoms in total. The molecular weight excluding hydrogens is 455 g/mol. The van der Waals surface area contributed by atoms with Gasteiger partial charge in [0.1, 0.15) is 22.9 Å². The van der Waals surface area contributed by atoms with Gasteiger partial charge in [0, 0.05) is 37.5 Å². The van der Waals surface area contributed by atoms with Crippen molar-refractivity contribution in [1.29, 1.82) is 0 Å². The van der Waals surface area contributed by atoms with Crippen molar-refractivity contribution in [2.45, 2.75) is 12.8 Å². The number of halogens is 1. The van der Waals surface area contributed by atoms with Crippen LogP contribution in [0.25, 0.3) is 11.5 Å². The summed E-state index contributed by atoms with van der Waals surface area (Å²) in [6.45, 7) is 0.388. The van der Waals surface area contributed by atoms with Crippen molar-refractivity contribution >= 4 is 28.9 Å².